The average molecular weight is 374 g/mol. The lowest BCUT2D eigenvalue weighted by molar-refractivity contribution is -0.115. The van der Waals surface area contributed by atoms with Gasteiger partial charge in [0.15, 0.2) is 16.7 Å². The van der Waals surface area contributed by atoms with E-state index in [4.69, 9.17) is 15.2 Å². The molecule has 0 fully saturated rings. The highest BCUT2D eigenvalue weighted by Crippen LogP contribution is 2.33. The van der Waals surface area contributed by atoms with E-state index in [9.17, 15) is 14.9 Å². The van der Waals surface area contributed by atoms with E-state index in [1.165, 1.54) is 7.11 Å². The van der Waals surface area contributed by atoms with E-state index >= 15 is 0 Å². The van der Waals surface area contributed by atoms with E-state index in [0.29, 0.717) is 23.7 Å². The second kappa shape index (κ2) is 8.92. The number of nitrogens with zero attached hydrogens (tertiary/aromatic N) is 2. The number of aromatic nitrogens is 2. The summed E-state index contributed by atoms with van der Waals surface area (Å²) in [7, 11) is 1.50. The molecule has 3 N–H and O–H groups in total. The molecule has 2 rings (SSSR count). The first kappa shape index (κ1) is 19.3. The minimum atomic E-state index is -0.588. The van der Waals surface area contributed by atoms with Crippen LogP contribution in [0.15, 0.2) is 28.2 Å². The lowest BCUT2D eigenvalue weighted by Crippen LogP contribution is -2.17. The van der Waals surface area contributed by atoms with Crippen molar-refractivity contribution < 1.29 is 14.3 Å². The Balaban J connectivity index is 2.50. The maximum absolute atomic E-state index is 12.2. The summed E-state index contributed by atoms with van der Waals surface area (Å²) in [6, 6.07) is 6.90. The summed E-state index contributed by atoms with van der Waals surface area (Å²) in [5.74, 6) is 0.446. The van der Waals surface area contributed by atoms with Crippen molar-refractivity contribution >= 4 is 17.7 Å². The molecule has 0 aliphatic rings. The van der Waals surface area contributed by atoms with E-state index in [1.54, 1.807) is 18.2 Å². The van der Waals surface area contributed by atoms with Crippen LogP contribution in [0.2, 0.25) is 0 Å². The number of carbonyl (C=O) groups excluding carboxylic acids is 1. The lowest BCUT2D eigenvalue weighted by atomic mass is 10.1. The molecule has 0 unspecified atom stereocenters. The van der Waals surface area contributed by atoms with Crippen LogP contribution < -0.4 is 20.8 Å². The van der Waals surface area contributed by atoms with Crippen LogP contribution in [-0.2, 0) is 4.79 Å². The summed E-state index contributed by atoms with van der Waals surface area (Å²) in [6.45, 7) is 2.53. The fraction of sp³-hybridized carbons (Fsp3) is 0.294. The molecule has 0 aliphatic heterocycles. The summed E-state index contributed by atoms with van der Waals surface area (Å²) in [5.41, 5.74) is 5.12. The van der Waals surface area contributed by atoms with Crippen molar-refractivity contribution in [2.24, 2.45) is 5.73 Å². The number of hydrogen-bond donors (Lipinski definition) is 2. The van der Waals surface area contributed by atoms with Gasteiger partial charge >= 0.3 is 0 Å². The lowest BCUT2D eigenvalue weighted by Gasteiger charge is -2.12. The molecule has 2 aromatic rings. The Hall–Kier alpha value is -2.99. The minimum Gasteiger partial charge on any atom is -0.493 e. The number of methoxy groups -OCH3 is 1. The summed E-state index contributed by atoms with van der Waals surface area (Å²) in [5, 5.41) is 9.52. The van der Waals surface area contributed by atoms with Crippen LogP contribution in [0.1, 0.15) is 18.9 Å². The molecule has 0 radical (unpaired) electrons. The number of nitrogens with one attached hydrogen (secondary N) is 1. The largest absolute Gasteiger partial charge is 0.493 e. The average Bonchev–Trinajstić information content (AvgIpc) is 2.64. The van der Waals surface area contributed by atoms with Gasteiger partial charge in [0, 0.05) is 5.56 Å². The summed E-state index contributed by atoms with van der Waals surface area (Å²) >= 11 is 0.988. The number of nitrogens with two attached hydrogens (primary N) is 1. The first-order valence-electron chi connectivity index (χ1n) is 7.76. The molecule has 136 valence electrons. The fourth-order valence-electron chi connectivity index (χ4n) is 2.12. The number of ether oxygens (including phenoxy) is 2. The molecule has 0 spiro atoms. The van der Waals surface area contributed by atoms with Crippen LogP contribution in [0.5, 0.6) is 11.5 Å². The molecule has 0 bridgehead atoms. The number of nitriles is 1. The number of rotatable bonds is 8. The standard InChI is InChI=1S/C17H18N4O4S/c1-3-6-25-12-5-4-10(7-13(12)24-2)15-11(8-18)16(23)21-17(20-15)26-9-14(19)22/h4-5,7H,3,6,9H2,1-2H3,(H2,19,22)(H,20,21,23). The Morgan fingerprint density at radius 2 is 2.19 bits per heavy atom. The van der Waals surface area contributed by atoms with Crippen LogP contribution in [0.3, 0.4) is 0 Å². The number of primary amides is 1. The highest BCUT2D eigenvalue weighted by molar-refractivity contribution is 7.99. The van der Waals surface area contributed by atoms with Crippen LogP contribution in [0, 0.1) is 11.3 Å². The predicted molar refractivity (Wildman–Crippen MR) is 97.3 cm³/mol. The highest BCUT2D eigenvalue weighted by atomic mass is 32.2. The summed E-state index contributed by atoms with van der Waals surface area (Å²) in [6.07, 6.45) is 0.847. The molecule has 1 heterocycles. The molecule has 0 saturated carbocycles. The quantitative estimate of drug-likeness (QED) is 0.531. The zero-order valence-electron chi connectivity index (χ0n) is 14.4. The van der Waals surface area contributed by atoms with E-state index in [1.807, 2.05) is 13.0 Å². The molecule has 1 aromatic heterocycles. The molecular formula is C17H18N4O4S. The monoisotopic (exact) mass is 374 g/mol. The second-order valence-corrected chi connectivity index (χ2v) is 6.14. The SMILES string of the molecule is CCCOc1ccc(-c2nc(SCC(N)=O)[nH]c(=O)c2C#N)cc1OC. The van der Waals surface area contributed by atoms with Crippen molar-refractivity contribution in [3.05, 3.63) is 34.1 Å². The van der Waals surface area contributed by atoms with Crippen LogP contribution >= 0.6 is 11.8 Å². The molecule has 0 aliphatic carbocycles. The maximum atomic E-state index is 12.2. The molecule has 26 heavy (non-hydrogen) atoms. The van der Waals surface area contributed by atoms with Gasteiger partial charge < -0.3 is 20.2 Å². The van der Waals surface area contributed by atoms with Gasteiger partial charge in [-0.25, -0.2) is 4.98 Å². The normalized spacial score (nSPS) is 10.2. The number of amides is 1. The van der Waals surface area contributed by atoms with Crippen molar-refractivity contribution in [2.75, 3.05) is 19.5 Å². The van der Waals surface area contributed by atoms with E-state index in [0.717, 1.165) is 18.2 Å². The van der Waals surface area contributed by atoms with Crippen molar-refractivity contribution in [3.63, 3.8) is 0 Å². The number of H-pyrrole nitrogens is 1. The molecule has 1 aromatic carbocycles. The highest BCUT2D eigenvalue weighted by Gasteiger charge is 2.16. The van der Waals surface area contributed by atoms with Gasteiger partial charge in [0.1, 0.15) is 11.6 Å². The van der Waals surface area contributed by atoms with Crippen molar-refractivity contribution in [1.29, 1.82) is 5.26 Å². The Labute approximate surface area is 154 Å². The van der Waals surface area contributed by atoms with Gasteiger partial charge in [0.25, 0.3) is 5.56 Å². The van der Waals surface area contributed by atoms with Crippen LogP contribution in [-0.4, -0.2) is 35.3 Å². The van der Waals surface area contributed by atoms with Crippen LogP contribution in [0.4, 0.5) is 0 Å². The van der Waals surface area contributed by atoms with Crippen molar-refractivity contribution in [3.8, 4) is 28.8 Å². The third kappa shape index (κ3) is 4.55. The third-order valence-corrected chi connectivity index (χ3v) is 4.16. The first-order valence-corrected chi connectivity index (χ1v) is 8.75. The molecule has 1 amide bonds. The van der Waals surface area contributed by atoms with Gasteiger partial charge in [0.2, 0.25) is 5.91 Å². The number of thioether (sulfide) groups is 1. The third-order valence-electron chi connectivity index (χ3n) is 3.26. The van der Waals surface area contributed by atoms with E-state index < -0.39 is 11.5 Å². The Kier molecular flexibility index (Phi) is 6.63. The van der Waals surface area contributed by atoms with Gasteiger partial charge in [-0.3, -0.25) is 9.59 Å². The number of benzene rings is 1. The van der Waals surface area contributed by atoms with Crippen LogP contribution in [0.25, 0.3) is 11.3 Å². The van der Waals surface area contributed by atoms with E-state index in [2.05, 4.69) is 9.97 Å². The Morgan fingerprint density at radius 1 is 1.42 bits per heavy atom. The molecule has 0 saturated heterocycles. The Bertz CT molecular complexity index is 905. The predicted octanol–water partition coefficient (Wildman–Crippen LogP) is 1.68. The molecular weight excluding hydrogens is 356 g/mol. The Morgan fingerprint density at radius 3 is 2.81 bits per heavy atom. The summed E-state index contributed by atoms with van der Waals surface area (Å²) < 4.78 is 10.9. The molecule has 8 nitrogen and oxygen atoms in total. The first-order chi connectivity index (χ1) is 12.5. The van der Waals surface area contributed by atoms with Gasteiger partial charge in [-0.15, -0.1) is 0 Å². The topological polar surface area (TPSA) is 131 Å². The zero-order chi connectivity index (χ0) is 19.1. The minimum absolute atomic E-state index is 0.0403. The summed E-state index contributed by atoms with van der Waals surface area (Å²) in [4.78, 5) is 29.9. The fourth-order valence-corrected chi connectivity index (χ4v) is 2.72. The molecule has 9 heteroatoms. The number of aromatic amines is 1. The van der Waals surface area contributed by atoms with E-state index in [-0.39, 0.29) is 22.2 Å². The molecule has 0 atom stereocenters. The van der Waals surface area contributed by atoms with Gasteiger partial charge in [-0.2, -0.15) is 5.26 Å². The maximum Gasteiger partial charge on any atom is 0.270 e. The van der Waals surface area contributed by atoms with Crippen molar-refractivity contribution in [2.45, 2.75) is 18.5 Å². The zero-order valence-corrected chi connectivity index (χ0v) is 15.2. The second-order valence-electron chi connectivity index (χ2n) is 5.18. The van der Waals surface area contributed by atoms with Crippen molar-refractivity contribution in [1.82, 2.24) is 9.97 Å². The number of hydrogen-bond acceptors (Lipinski definition) is 7. The van der Waals surface area contributed by atoms with Gasteiger partial charge in [-0.05, 0) is 24.6 Å². The van der Waals surface area contributed by atoms with Gasteiger partial charge in [0.05, 0.1) is 25.2 Å². The van der Waals surface area contributed by atoms with Gasteiger partial charge in [-0.1, -0.05) is 18.7 Å². The number of carbonyl (C=O) groups is 1. The smallest absolute Gasteiger partial charge is 0.270 e.